The Morgan fingerprint density at radius 3 is 2.90 bits per heavy atom. The normalized spacial score (nSPS) is 12.3. The van der Waals surface area contributed by atoms with Crippen molar-refractivity contribution in [1.82, 2.24) is 15.0 Å². The summed E-state index contributed by atoms with van der Waals surface area (Å²) in [5.41, 5.74) is 10.4. The molecule has 1 aromatic carbocycles. The summed E-state index contributed by atoms with van der Waals surface area (Å²) in [5.74, 6) is 1.17. The molecule has 6 heteroatoms. The number of thiazole rings is 1. The molecule has 0 unspecified atom stereocenters. The molecule has 3 aromatic rings. The minimum atomic E-state index is 0.490. The molecule has 104 valence electrons. The highest BCUT2D eigenvalue weighted by Gasteiger charge is 2.25. The topological polar surface area (TPSA) is 64.7 Å². The summed E-state index contributed by atoms with van der Waals surface area (Å²) >= 11 is 5.28. The van der Waals surface area contributed by atoms with Crippen LogP contribution in [0.4, 0.5) is 5.82 Å². The molecule has 2 N–H and O–H groups in total. The van der Waals surface area contributed by atoms with E-state index in [1.165, 1.54) is 16.0 Å². The Kier molecular flexibility index (Phi) is 2.83. The first-order chi connectivity index (χ1) is 10.1. The molecule has 1 aliphatic carbocycles. The predicted octanol–water partition coefficient (Wildman–Crippen LogP) is 3.82. The summed E-state index contributed by atoms with van der Waals surface area (Å²) in [4.78, 5) is 14.5. The van der Waals surface area contributed by atoms with E-state index in [4.69, 9.17) is 10.7 Å². The van der Waals surface area contributed by atoms with Gasteiger partial charge in [0.25, 0.3) is 0 Å². The summed E-state index contributed by atoms with van der Waals surface area (Å²) in [5, 5.41) is 0.892. The van der Waals surface area contributed by atoms with E-state index in [0.717, 1.165) is 27.2 Å². The molecule has 2 aromatic heterocycles. The van der Waals surface area contributed by atoms with E-state index < -0.39 is 0 Å². The van der Waals surface area contributed by atoms with Gasteiger partial charge in [0.05, 0.1) is 11.3 Å². The van der Waals surface area contributed by atoms with E-state index in [0.29, 0.717) is 11.6 Å². The number of halogens is 1. The van der Waals surface area contributed by atoms with Crippen molar-refractivity contribution >= 4 is 33.1 Å². The number of hydrogen-bond donors (Lipinski definition) is 1. The van der Waals surface area contributed by atoms with Crippen LogP contribution in [-0.2, 0) is 6.42 Å². The van der Waals surface area contributed by atoms with Crippen molar-refractivity contribution in [2.24, 2.45) is 0 Å². The summed E-state index contributed by atoms with van der Waals surface area (Å²) in [6.45, 7) is 1.83. The Morgan fingerprint density at radius 2 is 2.10 bits per heavy atom. The lowest BCUT2D eigenvalue weighted by Crippen LogP contribution is -1.98. The van der Waals surface area contributed by atoms with Gasteiger partial charge in [0, 0.05) is 27.5 Å². The first-order valence-corrected chi connectivity index (χ1v) is 8.11. The minimum absolute atomic E-state index is 0.490. The molecular formula is C15H11BrN4S. The number of aryl methyl sites for hydroxylation is 1. The number of nitrogens with zero attached hydrogens (tertiary/aromatic N) is 3. The molecule has 0 fully saturated rings. The number of nitrogens with two attached hydrogens (primary N) is 1. The second-order valence-corrected chi connectivity index (χ2v) is 6.89. The highest BCUT2D eigenvalue weighted by atomic mass is 79.9. The maximum absolute atomic E-state index is 6.00. The van der Waals surface area contributed by atoms with Gasteiger partial charge in [0.15, 0.2) is 0 Å². The first kappa shape index (κ1) is 12.9. The molecule has 21 heavy (non-hydrogen) atoms. The largest absolute Gasteiger partial charge is 0.383 e. The zero-order chi connectivity index (χ0) is 14.6. The SMILES string of the molecule is Cc1ncc(-c2nc3c(s2)Cc2c(Br)cccc2-3)c(N)n1. The van der Waals surface area contributed by atoms with Crippen molar-refractivity contribution in [1.29, 1.82) is 0 Å². The molecule has 4 nitrogen and oxygen atoms in total. The summed E-state index contributed by atoms with van der Waals surface area (Å²) in [6.07, 6.45) is 2.67. The summed E-state index contributed by atoms with van der Waals surface area (Å²) < 4.78 is 1.14. The third-order valence-corrected chi connectivity index (χ3v) is 5.41. The monoisotopic (exact) mass is 358 g/mol. The van der Waals surface area contributed by atoms with Crippen LogP contribution in [0.25, 0.3) is 21.8 Å². The molecule has 2 heterocycles. The van der Waals surface area contributed by atoms with Gasteiger partial charge in [-0.15, -0.1) is 11.3 Å². The van der Waals surface area contributed by atoms with Gasteiger partial charge in [-0.25, -0.2) is 15.0 Å². The van der Waals surface area contributed by atoms with Gasteiger partial charge in [-0.1, -0.05) is 28.1 Å². The maximum Gasteiger partial charge on any atom is 0.137 e. The van der Waals surface area contributed by atoms with E-state index in [1.54, 1.807) is 17.5 Å². The van der Waals surface area contributed by atoms with E-state index in [2.05, 4.69) is 38.0 Å². The first-order valence-electron chi connectivity index (χ1n) is 6.50. The smallest absolute Gasteiger partial charge is 0.137 e. The van der Waals surface area contributed by atoms with Crippen LogP contribution in [0, 0.1) is 6.92 Å². The van der Waals surface area contributed by atoms with Gasteiger partial charge in [-0.05, 0) is 18.6 Å². The molecule has 0 saturated heterocycles. The third kappa shape index (κ3) is 1.98. The zero-order valence-electron chi connectivity index (χ0n) is 11.2. The summed E-state index contributed by atoms with van der Waals surface area (Å²) in [6, 6.07) is 6.23. The second-order valence-electron chi connectivity index (χ2n) is 4.95. The fraction of sp³-hybridized carbons (Fsp3) is 0.133. The number of benzene rings is 1. The molecule has 0 spiro atoms. The van der Waals surface area contributed by atoms with Gasteiger partial charge in [-0.2, -0.15) is 0 Å². The number of nitrogen functional groups attached to an aromatic ring is 1. The standard InChI is InChI=1S/C15H11BrN4S/c1-7-18-6-10(14(17)19-7)15-20-13-8-3-2-4-11(16)9(8)5-12(13)21-15/h2-4,6H,5H2,1H3,(H2,17,18,19). The molecule has 0 aliphatic heterocycles. The van der Waals surface area contributed by atoms with Gasteiger partial charge < -0.3 is 5.73 Å². The highest BCUT2D eigenvalue weighted by Crippen LogP contribution is 2.44. The number of aromatic nitrogens is 3. The Hall–Kier alpha value is -1.79. The molecule has 0 saturated carbocycles. The quantitative estimate of drug-likeness (QED) is 0.561. The molecule has 4 rings (SSSR count). The molecule has 0 bridgehead atoms. The van der Waals surface area contributed by atoms with Crippen LogP contribution in [-0.4, -0.2) is 15.0 Å². The molecule has 0 amide bonds. The zero-order valence-corrected chi connectivity index (χ0v) is 13.6. The molecule has 1 aliphatic rings. The lowest BCUT2D eigenvalue weighted by Gasteiger charge is -2.03. The lowest BCUT2D eigenvalue weighted by atomic mass is 10.1. The molecule has 0 atom stereocenters. The van der Waals surface area contributed by atoms with Crippen molar-refractivity contribution in [3.63, 3.8) is 0 Å². The van der Waals surface area contributed by atoms with Crippen LogP contribution < -0.4 is 5.73 Å². The fourth-order valence-electron chi connectivity index (χ4n) is 2.57. The average molecular weight is 359 g/mol. The Bertz CT molecular complexity index is 872. The number of rotatable bonds is 1. The van der Waals surface area contributed by atoms with Crippen LogP contribution >= 0.6 is 27.3 Å². The van der Waals surface area contributed by atoms with Crippen LogP contribution in [0.15, 0.2) is 28.9 Å². The van der Waals surface area contributed by atoms with E-state index in [1.807, 2.05) is 13.0 Å². The van der Waals surface area contributed by atoms with Crippen LogP contribution in [0.1, 0.15) is 16.3 Å². The fourth-order valence-corrected chi connectivity index (χ4v) is 4.18. The van der Waals surface area contributed by atoms with Crippen LogP contribution in [0.2, 0.25) is 0 Å². The Labute approximate surface area is 134 Å². The van der Waals surface area contributed by atoms with Crippen molar-refractivity contribution in [3.8, 4) is 21.8 Å². The van der Waals surface area contributed by atoms with Crippen molar-refractivity contribution in [2.75, 3.05) is 5.73 Å². The van der Waals surface area contributed by atoms with Crippen molar-refractivity contribution in [2.45, 2.75) is 13.3 Å². The second kappa shape index (κ2) is 4.61. The van der Waals surface area contributed by atoms with Gasteiger partial charge in [0.1, 0.15) is 16.6 Å². The van der Waals surface area contributed by atoms with E-state index in [-0.39, 0.29) is 0 Å². The molecule has 0 radical (unpaired) electrons. The highest BCUT2D eigenvalue weighted by molar-refractivity contribution is 9.10. The van der Waals surface area contributed by atoms with E-state index >= 15 is 0 Å². The number of fused-ring (bicyclic) bond motifs is 3. The van der Waals surface area contributed by atoms with Gasteiger partial charge in [-0.3, -0.25) is 0 Å². The van der Waals surface area contributed by atoms with Crippen molar-refractivity contribution in [3.05, 3.63) is 45.1 Å². The third-order valence-electron chi connectivity index (χ3n) is 3.58. The Balaban J connectivity index is 1.85. The number of anilines is 1. The van der Waals surface area contributed by atoms with Crippen LogP contribution in [0.5, 0.6) is 0 Å². The van der Waals surface area contributed by atoms with Gasteiger partial charge in [0.2, 0.25) is 0 Å². The molecular weight excluding hydrogens is 348 g/mol. The van der Waals surface area contributed by atoms with Gasteiger partial charge >= 0.3 is 0 Å². The summed E-state index contributed by atoms with van der Waals surface area (Å²) in [7, 11) is 0. The lowest BCUT2D eigenvalue weighted by molar-refractivity contribution is 1.06. The Morgan fingerprint density at radius 1 is 1.24 bits per heavy atom. The van der Waals surface area contributed by atoms with Crippen molar-refractivity contribution < 1.29 is 0 Å². The van der Waals surface area contributed by atoms with Crippen LogP contribution in [0.3, 0.4) is 0 Å². The average Bonchev–Trinajstić information content (AvgIpc) is 2.98. The minimum Gasteiger partial charge on any atom is -0.383 e. The number of hydrogen-bond acceptors (Lipinski definition) is 5. The predicted molar refractivity (Wildman–Crippen MR) is 88.2 cm³/mol. The maximum atomic E-state index is 6.00. The van der Waals surface area contributed by atoms with E-state index in [9.17, 15) is 0 Å².